The summed E-state index contributed by atoms with van der Waals surface area (Å²) in [6, 6.07) is 5.11. The fourth-order valence-electron chi connectivity index (χ4n) is 0.734. The van der Waals surface area contributed by atoms with Crippen molar-refractivity contribution in [3.8, 4) is 0 Å². The van der Waals surface area contributed by atoms with Crippen molar-refractivity contribution in [1.82, 2.24) is 0 Å². The summed E-state index contributed by atoms with van der Waals surface area (Å²) in [4.78, 5) is 3.25. The van der Waals surface area contributed by atoms with Gasteiger partial charge in [-0.15, -0.1) is 0 Å². The number of halogens is 1. The second-order valence-corrected chi connectivity index (χ2v) is 2.90. The molecular weight excluding hydrogens is 206 g/mol. The summed E-state index contributed by atoms with van der Waals surface area (Å²) in [5.41, 5.74) is 1.38. The molecule has 0 aromatic heterocycles. The van der Waals surface area contributed by atoms with Gasteiger partial charge in [-0.2, -0.15) is 0 Å². The Kier molecular flexibility index (Phi) is 2.64. The summed E-state index contributed by atoms with van der Waals surface area (Å²) in [5, 5.41) is 8.77. The second kappa shape index (κ2) is 3.51. The van der Waals surface area contributed by atoms with Gasteiger partial charge < -0.3 is 5.11 Å². The third-order valence-electron chi connectivity index (χ3n) is 1.34. The first kappa shape index (κ1) is 8.25. The van der Waals surface area contributed by atoms with Crippen LogP contribution in [0.3, 0.4) is 0 Å². The predicted octanol–water partition coefficient (Wildman–Crippen LogP) is 2.49. The minimum atomic E-state index is -0.00113. The first-order valence-corrected chi connectivity index (χ1v) is 3.84. The lowest BCUT2D eigenvalue weighted by molar-refractivity contribution is 0.281. The SMILES string of the molecule is [C-]#[N+]c1ccc(CO)c(Br)c1. The van der Waals surface area contributed by atoms with Crippen LogP contribution in [-0.4, -0.2) is 5.11 Å². The van der Waals surface area contributed by atoms with Crippen LogP contribution in [-0.2, 0) is 6.61 Å². The second-order valence-electron chi connectivity index (χ2n) is 2.05. The molecule has 0 aliphatic rings. The third kappa shape index (κ3) is 1.79. The molecule has 0 heterocycles. The Labute approximate surface area is 73.4 Å². The smallest absolute Gasteiger partial charge is 0.188 e. The monoisotopic (exact) mass is 211 g/mol. The Morgan fingerprint density at radius 1 is 1.55 bits per heavy atom. The Morgan fingerprint density at radius 3 is 2.73 bits per heavy atom. The van der Waals surface area contributed by atoms with E-state index in [0.29, 0.717) is 5.69 Å². The molecule has 0 aliphatic carbocycles. The average molecular weight is 212 g/mol. The van der Waals surface area contributed by atoms with Crippen LogP contribution in [0.5, 0.6) is 0 Å². The molecule has 0 amide bonds. The van der Waals surface area contributed by atoms with E-state index in [1.807, 2.05) is 0 Å². The van der Waals surface area contributed by atoms with Crippen molar-refractivity contribution >= 4 is 21.6 Å². The van der Waals surface area contributed by atoms with Crippen LogP contribution in [0.2, 0.25) is 0 Å². The lowest BCUT2D eigenvalue weighted by Crippen LogP contribution is -1.82. The number of nitrogens with zero attached hydrogens (tertiary/aromatic N) is 1. The summed E-state index contributed by atoms with van der Waals surface area (Å²) < 4.78 is 0.786. The molecule has 0 saturated heterocycles. The summed E-state index contributed by atoms with van der Waals surface area (Å²) in [6.45, 7) is 6.71. The van der Waals surface area contributed by atoms with Crippen molar-refractivity contribution in [2.24, 2.45) is 0 Å². The quantitative estimate of drug-likeness (QED) is 0.710. The summed E-state index contributed by atoms with van der Waals surface area (Å²) in [7, 11) is 0. The first-order chi connectivity index (χ1) is 5.27. The minimum absolute atomic E-state index is 0.00113. The Balaban J connectivity index is 3.12. The molecule has 0 unspecified atom stereocenters. The van der Waals surface area contributed by atoms with Crippen LogP contribution in [0.1, 0.15) is 5.56 Å². The van der Waals surface area contributed by atoms with E-state index in [0.717, 1.165) is 10.0 Å². The van der Waals surface area contributed by atoms with E-state index in [1.165, 1.54) is 0 Å². The molecule has 0 saturated carbocycles. The lowest BCUT2D eigenvalue weighted by atomic mass is 10.2. The van der Waals surface area contributed by atoms with Gasteiger partial charge in [0.1, 0.15) is 0 Å². The fourth-order valence-corrected chi connectivity index (χ4v) is 1.23. The van der Waals surface area contributed by atoms with Crippen LogP contribution < -0.4 is 0 Å². The standard InChI is InChI=1S/C8H6BrNO/c1-10-7-3-2-6(5-11)8(9)4-7/h2-4,11H,5H2. The molecule has 0 spiro atoms. The number of hydrogen-bond acceptors (Lipinski definition) is 1. The highest BCUT2D eigenvalue weighted by Crippen LogP contribution is 2.22. The molecular formula is C8H6BrNO. The fraction of sp³-hybridized carbons (Fsp3) is 0.125. The van der Waals surface area contributed by atoms with E-state index in [-0.39, 0.29) is 6.61 Å². The van der Waals surface area contributed by atoms with E-state index in [2.05, 4.69) is 20.8 Å². The van der Waals surface area contributed by atoms with Gasteiger partial charge in [-0.05, 0) is 11.6 Å². The lowest BCUT2D eigenvalue weighted by Gasteiger charge is -1.98. The molecule has 1 aromatic rings. The maximum absolute atomic E-state index is 8.77. The minimum Gasteiger partial charge on any atom is -0.392 e. The van der Waals surface area contributed by atoms with Crippen molar-refractivity contribution < 1.29 is 5.11 Å². The van der Waals surface area contributed by atoms with Crippen molar-refractivity contribution in [1.29, 1.82) is 0 Å². The van der Waals surface area contributed by atoms with Crippen molar-refractivity contribution in [3.05, 3.63) is 39.7 Å². The van der Waals surface area contributed by atoms with Crippen LogP contribution >= 0.6 is 15.9 Å². The maximum Gasteiger partial charge on any atom is 0.188 e. The average Bonchev–Trinajstić information content (AvgIpc) is 2.04. The van der Waals surface area contributed by atoms with Crippen molar-refractivity contribution in [2.45, 2.75) is 6.61 Å². The molecule has 1 N–H and O–H groups in total. The Hall–Kier alpha value is -0.850. The van der Waals surface area contributed by atoms with E-state index in [1.54, 1.807) is 18.2 Å². The molecule has 1 aromatic carbocycles. The highest BCUT2D eigenvalue weighted by molar-refractivity contribution is 9.10. The highest BCUT2D eigenvalue weighted by Gasteiger charge is 1.98. The molecule has 3 heteroatoms. The summed E-state index contributed by atoms with van der Waals surface area (Å²) in [5.74, 6) is 0. The van der Waals surface area contributed by atoms with E-state index >= 15 is 0 Å². The van der Waals surface area contributed by atoms with E-state index < -0.39 is 0 Å². The molecule has 0 aliphatic heterocycles. The normalized spacial score (nSPS) is 9.18. The van der Waals surface area contributed by atoms with Gasteiger partial charge in [0, 0.05) is 4.47 Å². The van der Waals surface area contributed by atoms with Gasteiger partial charge >= 0.3 is 0 Å². The first-order valence-electron chi connectivity index (χ1n) is 3.04. The molecule has 0 atom stereocenters. The van der Waals surface area contributed by atoms with E-state index in [4.69, 9.17) is 11.7 Å². The predicted molar refractivity (Wildman–Crippen MR) is 46.3 cm³/mol. The highest BCUT2D eigenvalue weighted by atomic mass is 79.9. The molecule has 0 fully saturated rings. The Morgan fingerprint density at radius 2 is 2.27 bits per heavy atom. The third-order valence-corrected chi connectivity index (χ3v) is 2.07. The van der Waals surface area contributed by atoms with Gasteiger partial charge in [0.2, 0.25) is 0 Å². The van der Waals surface area contributed by atoms with Crippen LogP contribution in [0, 0.1) is 6.57 Å². The van der Waals surface area contributed by atoms with Crippen LogP contribution in [0.4, 0.5) is 5.69 Å². The maximum atomic E-state index is 8.77. The van der Waals surface area contributed by atoms with Crippen molar-refractivity contribution in [2.75, 3.05) is 0 Å². The molecule has 0 bridgehead atoms. The van der Waals surface area contributed by atoms with Gasteiger partial charge in [-0.1, -0.05) is 28.1 Å². The largest absolute Gasteiger partial charge is 0.392 e. The zero-order chi connectivity index (χ0) is 8.27. The van der Waals surface area contributed by atoms with Crippen LogP contribution in [0.15, 0.2) is 22.7 Å². The number of hydrogen-bond donors (Lipinski definition) is 1. The topological polar surface area (TPSA) is 24.6 Å². The van der Waals surface area contributed by atoms with Gasteiger partial charge in [0.15, 0.2) is 5.69 Å². The van der Waals surface area contributed by atoms with Gasteiger partial charge in [-0.3, -0.25) is 0 Å². The zero-order valence-electron chi connectivity index (χ0n) is 5.71. The Bertz CT molecular complexity index is 303. The number of aliphatic hydroxyl groups is 1. The summed E-state index contributed by atoms with van der Waals surface area (Å²) >= 11 is 3.24. The van der Waals surface area contributed by atoms with Crippen molar-refractivity contribution in [3.63, 3.8) is 0 Å². The molecule has 1 rings (SSSR count). The summed E-state index contributed by atoms with van der Waals surface area (Å²) in [6.07, 6.45) is 0. The zero-order valence-corrected chi connectivity index (χ0v) is 7.30. The number of benzene rings is 1. The number of aliphatic hydroxyl groups excluding tert-OH is 1. The molecule has 2 nitrogen and oxygen atoms in total. The van der Waals surface area contributed by atoms with Gasteiger partial charge in [-0.25, -0.2) is 4.85 Å². The number of rotatable bonds is 1. The molecule has 11 heavy (non-hydrogen) atoms. The van der Waals surface area contributed by atoms with Gasteiger partial charge in [0.05, 0.1) is 13.2 Å². The molecule has 0 radical (unpaired) electrons. The van der Waals surface area contributed by atoms with Gasteiger partial charge in [0.25, 0.3) is 0 Å². The molecule has 56 valence electrons. The van der Waals surface area contributed by atoms with Crippen LogP contribution in [0.25, 0.3) is 4.85 Å². The van der Waals surface area contributed by atoms with E-state index in [9.17, 15) is 0 Å².